The van der Waals surface area contributed by atoms with Crippen molar-refractivity contribution in [2.45, 2.75) is 18.9 Å². The van der Waals surface area contributed by atoms with Crippen LogP contribution in [0.2, 0.25) is 0 Å². The van der Waals surface area contributed by atoms with Crippen LogP contribution in [-0.4, -0.2) is 29.9 Å². The number of hydrogen-bond donors (Lipinski definition) is 2. The number of anilines is 1. The SMILES string of the molecule is CC1(CCN)COC(=O)N1c1ccccc1O. The van der Waals surface area contributed by atoms with Gasteiger partial charge in [0, 0.05) is 0 Å². The summed E-state index contributed by atoms with van der Waals surface area (Å²) in [6.45, 7) is 2.64. The van der Waals surface area contributed by atoms with Crippen LogP contribution >= 0.6 is 0 Å². The number of carbonyl (C=O) groups excluding carboxylic acids is 1. The Morgan fingerprint density at radius 3 is 2.88 bits per heavy atom. The maximum atomic E-state index is 11.8. The summed E-state index contributed by atoms with van der Waals surface area (Å²) >= 11 is 0. The summed E-state index contributed by atoms with van der Waals surface area (Å²) in [4.78, 5) is 13.3. The van der Waals surface area contributed by atoms with Crippen molar-refractivity contribution in [2.75, 3.05) is 18.1 Å². The first kappa shape index (κ1) is 11.7. The zero-order chi connectivity index (χ0) is 12.5. The second kappa shape index (κ2) is 4.25. The average molecular weight is 236 g/mol. The number of cyclic esters (lactones) is 1. The molecule has 1 atom stereocenters. The van der Waals surface area contributed by atoms with Crippen molar-refractivity contribution in [3.05, 3.63) is 24.3 Å². The van der Waals surface area contributed by atoms with Crippen LogP contribution in [0.1, 0.15) is 13.3 Å². The average Bonchev–Trinajstić information content (AvgIpc) is 2.57. The first-order valence-electron chi connectivity index (χ1n) is 5.53. The molecule has 0 spiro atoms. The zero-order valence-corrected chi connectivity index (χ0v) is 9.72. The van der Waals surface area contributed by atoms with Crippen LogP contribution in [0, 0.1) is 0 Å². The van der Waals surface area contributed by atoms with Crippen molar-refractivity contribution in [3.8, 4) is 5.75 Å². The summed E-state index contributed by atoms with van der Waals surface area (Å²) in [5.74, 6) is 0.0644. The number of hydrogen-bond acceptors (Lipinski definition) is 4. The highest BCUT2D eigenvalue weighted by atomic mass is 16.6. The molecule has 1 amide bonds. The van der Waals surface area contributed by atoms with Crippen LogP contribution in [0.3, 0.4) is 0 Å². The Morgan fingerprint density at radius 1 is 1.53 bits per heavy atom. The monoisotopic (exact) mass is 236 g/mol. The highest BCUT2D eigenvalue weighted by Crippen LogP contribution is 2.37. The highest BCUT2D eigenvalue weighted by Gasteiger charge is 2.44. The molecule has 3 N–H and O–H groups in total. The smallest absolute Gasteiger partial charge is 0.415 e. The van der Waals surface area contributed by atoms with Gasteiger partial charge in [-0.05, 0) is 32.0 Å². The van der Waals surface area contributed by atoms with Crippen LogP contribution in [0.5, 0.6) is 5.75 Å². The van der Waals surface area contributed by atoms with Crippen LogP contribution in [0.15, 0.2) is 24.3 Å². The van der Waals surface area contributed by atoms with Gasteiger partial charge in [0.05, 0.1) is 11.2 Å². The number of ether oxygens (including phenoxy) is 1. The Bertz CT molecular complexity index is 436. The summed E-state index contributed by atoms with van der Waals surface area (Å²) in [6.07, 6.45) is 0.176. The number of carbonyl (C=O) groups is 1. The number of nitrogens with zero attached hydrogens (tertiary/aromatic N) is 1. The molecular weight excluding hydrogens is 220 g/mol. The van der Waals surface area contributed by atoms with Gasteiger partial charge in [-0.2, -0.15) is 0 Å². The third-order valence-electron chi connectivity index (χ3n) is 3.03. The van der Waals surface area contributed by atoms with Crippen LogP contribution in [-0.2, 0) is 4.74 Å². The third-order valence-corrected chi connectivity index (χ3v) is 3.03. The molecular formula is C12H16N2O3. The van der Waals surface area contributed by atoms with Gasteiger partial charge >= 0.3 is 6.09 Å². The summed E-state index contributed by atoms with van der Waals surface area (Å²) in [6, 6.07) is 6.71. The number of rotatable bonds is 3. The second-order valence-corrected chi connectivity index (χ2v) is 4.41. The Hall–Kier alpha value is -1.75. The molecule has 1 aromatic rings. The number of phenolic OH excluding ortho intramolecular Hbond substituents is 1. The molecule has 1 heterocycles. The highest BCUT2D eigenvalue weighted by molar-refractivity contribution is 5.93. The van der Waals surface area contributed by atoms with Crippen molar-refractivity contribution in [1.82, 2.24) is 0 Å². The molecule has 0 aromatic heterocycles. The maximum absolute atomic E-state index is 11.8. The minimum Gasteiger partial charge on any atom is -0.506 e. The van der Waals surface area contributed by atoms with Crippen LogP contribution in [0.4, 0.5) is 10.5 Å². The van der Waals surface area contributed by atoms with E-state index in [1.54, 1.807) is 24.3 Å². The van der Waals surface area contributed by atoms with Gasteiger partial charge in [-0.3, -0.25) is 4.90 Å². The summed E-state index contributed by atoms with van der Waals surface area (Å²) in [5, 5.41) is 9.81. The van der Waals surface area contributed by atoms with E-state index in [0.717, 1.165) is 0 Å². The molecule has 1 aliphatic heterocycles. The lowest BCUT2D eigenvalue weighted by molar-refractivity contribution is 0.173. The lowest BCUT2D eigenvalue weighted by Gasteiger charge is -2.31. The fraction of sp³-hybridized carbons (Fsp3) is 0.417. The Morgan fingerprint density at radius 2 is 2.24 bits per heavy atom. The van der Waals surface area contributed by atoms with Gasteiger partial charge < -0.3 is 15.6 Å². The Balaban J connectivity index is 2.41. The lowest BCUT2D eigenvalue weighted by Crippen LogP contribution is -2.46. The van der Waals surface area contributed by atoms with Gasteiger partial charge in [0.15, 0.2) is 0 Å². The standard InChI is InChI=1S/C12H16N2O3/c1-12(6-7-13)8-17-11(16)14(12)9-4-2-3-5-10(9)15/h2-5,15H,6-8,13H2,1H3. The molecule has 0 radical (unpaired) electrons. The predicted octanol–water partition coefficient (Wildman–Crippen LogP) is 1.46. The largest absolute Gasteiger partial charge is 0.506 e. The first-order valence-corrected chi connectivity index (χ1v) is 5.53. The topological polar surface area (TPSA) is 75.8 Å². The molecule has 1 saturated heterocycles. The van der Waals surface area contributed by atoms with E-state index in [1.807, 2.05) is 6.92 Å². The fourth-order valence-corrected chi connectivity index (χ4v) is 2.10. The van der Waals surface area contributed by atoms with Crippen molar-refractivity contribution < 1.29 is 14.6 Å². The molecule has 0 bridgehead atoms. The lowest BCUT2D eigenvalue weighted by atomic mass is 9.97. The number of nitrogens with two attached hydrogens (primary N) is 1. The van der Waals surface area contributed by atoms with E-state index < -0.39 is 11.6 Å². The Labute approximate surface area is 99.8 Å². The molecule has 1 fully saturated rings. The minimum absolute atomic E-state index is 0.0644. The number of phenols is 1. The van der Waals surface area contributed by atoms with Crippen molar-refractivity contribution in [2.24, 2.45) is 5.73 Å². The number of benzene rings is 1. The van der Waals surface area contributed by atoms with Crippen molar-refractivity contribution in [3.63, 3.8) is 0 Å². The molecule has 0 aliphatic carbocycles. The van der Waals surface area contributed by atoms with Gasteiger partial charge in [-0.1, -0.05) is 12.1 Å². The molecule has 2 rings (SSSR count). The molecule has 5 nitrogen and oxygen atoms in total. The molecule has 5 heteroatoms. The van der Waals surface area contributed by atoms with Crippen LogP contribution in [0.25, 0.3) is 0 Å². The molecule has 1 aliphatic rings. The van der Waals surface area contributed by atoms with Crippen molar-refractivity contribution in [1.29, 1.82) is 0 Å². The van der Waals surface area contributed by atoms with Gasteiger partial charge in [-0.25, -0.2) is 4.79 Å². The van der Waals surface area contributed by atoms with E-state index in [1.165, 1.54) is 4.90 Å². The second-order valence-electron chi connectivity index (χ2n) is 4.41. The quantitative estimate of drug-likeness (QED) is 0.833. The molecule has 17 heavy (non-hydrogen) atoms. The van der Waals surface area contributed by atoms with E-state index in [4.69, 9.17) is 10.5 Å². The first-order chi connectivity index (χ1) is 8.08. The Kier molecular flexibility index (Phi) is 2.93. The number of aromatic hydroxyl groups is 1. The van der Waals surface area contributed by atoms with Gasteiger partial charge in [0.2, 0.25) is 0 Å². The molecule has 1 aromatic carbocycles. The van der Waals surface area contributed by atoms with E-state index >= 15 is 0 Å². The third kappa shape index (κ3) is 1.93. The van der Waals surface area contributed by atoms with Gasteiger partial charge in [0.25, 0.3) is 0 Å². The summed E-state index contributed by atoms with van der Waals surface area (Å²) in [7, 11) is 0. The van der Waals surface area contributed by atoms with E-state index in [0.29, 0.717) is 18.7 Å². The number of amides is 1. The van der Waals surface area contributed by atoms with E-state index in [9.17, 15) is 9.90 Å². The normalized spacial score (nSPS) is 23.9. The summed E-state index contributed by atoms with van der Waals surface area (Å²) in [5.41, 5.74) is 5.53. The predicted molar refractivity (Wildman–Crippen MR) is 64.0 cm³/mol. The summed E-state index contributed by atoms with van der Waals surface area (Å²) < 4.78 is 5.06. The number of para-hydroxylation sites is 2. The van der Waals surface area contributed by atoms with E-state index in [2.05, 4.69) is 0 Å². The van der Waals surface area contributed by atoms with Gasteiger partial charge in [-0.15, -0.1) is 0 Å². The minimum atomic E-state index is -0.495. The zero-order valence-electron chi connectivity index (χ0n) is 9.72. The van der Waals surface area contributed by atoms with Crippen molar-refractivity contribution >= 4 is 11.8 Å². The van der Waals surface area contributed by atoms with Crippen LogP contribution < -0.4 is 10.6 Å². The molecule has 92 valence electrons. The molecule has 1 unspecified atom stereocenters. The maximum Gasteiger partial charge on any atom is 0.415 e. The molecule has 0 saturated carbocycles. The van der Waals surface area contributed by atoms with E-state index in [-0.39, 0.29) is 12.4 Å². The fourth-order valence-electron chi connectivity index (χ4n) is 2.10. The van der Waals surface area contributed by atoms with Gasteiger partial charge in [0.1, 0.15) is 12.4 Å².